The summed E-state index contributed by atoms with van der Waals surface area (Å²) < 4.78 is 36.7. The maximum absolute atomic E-state index is 12.9. The number of rotatable bonds is 4. The van der Waals surface area contributed by atoms with Crippen molar-refractivity contribution in [3.63, 3.8) is 0 Å². The van der Waals surface area contributed by atoms with E-state index in [9.17, 15) is 13.6 Å². The van der Waals surface area contributed by atoms with Crippen LogP contribution in [0.15, 0.2) is 16.6 Å². The normalized spacial score (nSPS) is 12.8. The van der Waals surface area contributed by atoms with Crippen molar-refractivity contribution in [1.29, 1.82) is 0 Å². The first-order valence-corrected chi connectivity index (χ1v) is 6.17. The van der Waals surface area contributed by atoms with E-state index in [1.165, 1.54) is 12.1 Å². The molecule has 0 saturated carbocycles. The lowest BCUT2D eigenvalue weighted by molar-refractivity contribution is 0.0118. The Hall–Kier alpha value is -1.12. The maximum Gasteiger partial charge on any atom is 0.277 e. The molecule has 0 unspecified atom stereocenters. The van der Waals surface area contributed by atoms with Gasteiger partial charge in [0.1, 0.15) is 0 Å². The standard InChI is InChI=1S/C11H11BrF2N2O3.ClH/c12-7-1-6(2-8-9(7)19-5-18-8)10(17)16-4-11(13,14)3-15;/h1-2H,3-5,15H2,(H,16,17);1H. The predicted molar refractivity (Wildman–Crippen MR) is 73.8 cm³/mol. The SMILES string of the molecule is Cl.NCC(F)(F)CNC(=O)c1cc(Br)c2c(c1)OCO2. The van der Waals surface area contributed by atoms with Gasteiger partial charge in [-0.2, -0.15) is 0 Å². The number of nitrogens with two attached hydrogens (primary N) is 1. The lowest BCUT2D eigenvalue weighted by Gasteiger charge is -2.14. The number of hydrogen-bond acceptors (Lipinski definition) is 4. The molecule has 2 rings (SSSR count). The van der Waals surface area contributed by atoms with E-state index in [1.807, 2.05) is 0 Å². The van der Waals surface area contributed by atoms with Crippen LogP contribution < -0.4 is 20.5 Å². The van der Waals surface area contributed by atoms with Gasteiger partial charge in [0.25, 0.3) is 11.8 Å². The summed E-state index contributed by atoms with van der Waals surface area (Å²) >= 11 is 3.22. The van der Waals surface area contributed by atoms with Crippen LogP contribution in [0.1, 0.15) is 10.4 Å². The van der Waals surface area contributed by atoms with Gasteiger partial charge in [-0.05, 0) is 28.1 Å². The van der Waals surface area contributed by atoms with Gasteiger partial charge in [-0.15, -0.1) is 12.4 Å². The molecule has 0 saturated heterocycles. The highest BCUT2D eigenvalue weighted by atomic mass is 79.9. The van der Waals surface area contributed by atoms with Crippen LogP contribution in [0.5, 0.6) is 11.5 Å². The van der Waals surface area contributed by atoms with Crippen molar-refractivity contribution >= 4 is 34.2 Å². The second kappa shape index (κ2) is 6.55. The number of carbonyl (C=O) groups is 1. The van der Waals surface area contributed by atoms with Crippen LogP contribution >= 0.6 is 28.3 Å². The van der Waals surface area contributed by atoms with Crippen molar-refractivity contribution in [3.8, 4) is 11.5 Å². The van der Waals surface area contributed by atoms with E-state index in [0.29, 0.717) is 16.0 Å². The second-order valence-electron chi connectivity index (χ2n) is 3.93. The van der Waals surface area contributed by atoms with Crippen LogP contribution in [-0.2, 0) is 0 Å². The van der Waals surface area contributed by atoms with Crippen molar-refractivity contribution in [2.24, 2.45) is 5.73 Å². The highest BCUT2D eigenvalue weighted by Gasteiger charge is 2.28. The summed E-state index contributed by atoms with van der Waals surface area (Å²) in [6, 6.07) is 2.91. The van der Waals surface area contributed by atoms with Gasteiger partial charge in [0, 0.05) is 5.56 Å². The van der Waals surface area contributed by atoms with Gasteiger partial charge in [-0.1, -0.05) is 0 Å². The Balaban J connectivity index is 0.00000200. The average Bonchev–Trinajstić information content (AvgIpc) is 2.85. The third-order valence-electron chi connectivity index (χ3n) is 2.50. The molecule has 0 bridgehead atoms. The Morgan fingerprint density at radius 2 is 2.15 bits per heavy atom. The molecule has 0 fully saturated rings. The van der Waals surface area contributed by atoms with Crippen molar-refractivity contribution in [3.05, 3.63) is 22.2 Å². The number of nitrogens with one attached hydrogen (secondary N) is 1. The third kappa shape index (κ3) is 3.71. The molecule has 0 spiro atoms. The number of amides is 1. The van der Waals surface area contributed by atoms with E-state index in [2.05, 4.69) is 21.2 Å². The molecular weight excluding hydrogens is 361 g/mol. The molecule has 0 atom stereocenters. The second-order valence-corrected chi connectivity index (χ2v) is 4.79. The van der Waals surface area contributed by atoms with Gasteiger partial charge in [-0.25, -0.2) is 8.78 Å². The first-order chi connectivity index (χ1) is 8.93. The summed E-state index contributed by atoms with van der Waals surface area (Å²) in [6.45, 7) is -1.57. The van der Waals surface area contributed by atoms with E-state index in [-0.39, 0.29) is 24.8 Å². The molecule has 9 heteroatoms. The molecule has 1 aliphatic heterocycles. The first-order valence-electron chi connectivity index (χ1n) is 5.38. The zero-order chi connectivity index (χ0) is 14.0. The Kier molecular flexibility index (Phi) is 5.55. The van der Waals surface area contributed by atoms with Crippen LogP contribution in [0.2, 0.25) is 0 Å². The number of halogens is 4. The summed E-state index contributed by atoms with van der Waals surface area (Å²) in [5.74, 6) is -2.87. The monoisotopic (exact) mass is 372 g/mol. The lowest BCUT2D eigenvalue weighted by atomic mass is 10.2. The summed E-state index contributed by atoms with van der Waals surface area (Å²) in [6.07, 6.45) is 0. The van der Waals surface area contributed by atoms with Crippen LogP contribution in [-0.4, -0.2) is 31.7 Å². The van der Waals surface area contributed by atoms with Crippen molar-refractivity contribution in [1.82, 2.24) is 5.32 Å². The highest BCUT2D eigenvalue weighted by Crippen LogP contribution is 2.39. The minimum absolute atomic E-state index is 0. The van der Waals surface area contributed by atoms with E-state index in [1.54, 1.807) is 0 Å². The largest absolute Gasteiger partial charge is 0.454 e. The van der Waals surface area contributed by atoms with Gasteiger partial charge in [0.2, 0.25) is 6.79 Å². The number of fused-ring (bicyclic) bond motifs is 1. The molecule has 3 N–H and O–H groups in total. The molecular formula is C11H12BrClF2N2O3. The first kappa shape index (κ1) is 16.9. The van der Waals surface area contributed by atoms with Crippen molar-refractivity contribution in [2.75, 3.05) is 19.9 Å². The Bertz CT molecular complexity index is 517. The molecule has 1 aliphatic rings. The van der Waals surface area contributed by atoms with Gasteiger partial charge in [-0.3, -0.25) is 4.79 Å². The Morgan fingerprint density at radius 1 is 1.45 bits per heavy atom. The van der Waals surface area contributed by atoms with Gasteiger partial charge in [0.05, 0.1) is 17.6 Å². The molecule has 20 heavy (non-hydrogen) atoms. The summed E-state index contributed by atoms with van der Waals surface area (Å²) in [7, 11) is 0. The summed E-state index contributed by atoms with van der Waals surface area (Å²) in [5, 5.41) is 2.12. The zero-order valence-electron chi connectivity index (χ0n) is 10.1. The minimum Gasteiger partial charge on any atom is -0.454 e. The molecule has 5 nitrogen and oxygen atoms in total. The highest BCUT2D eigenvalue weighted by molar-refractivity contribution is 9.10. The zero-order valence-corrected chi connectivity index (χ0v) is 12.5. The van der Waals surface area contributed by atoms with Gasteiger partial charge in [0.15, 0.2) is 11.5 Å². The average molecular weight is 374 g/mol. The topological polar surface area (TPSA) is 73.6 Å². The van der Waals surface area contributed by atoms with E-state index in [0.717, 1.165) is 0 Å². The molecule has 1 aromatic carbocycles. The van der Waals surface area contributed by atoms with E-state index < -0.39 is 24.9 Å². The van der Waals surface area contributed by atoms with Crippen molar-refractivity contribution in [2.45, 2.75) is 5.92 Å². The van der Waals surface area contributed by atoms with E-state index >= 15 is 0 Å². The molecule has 1 heterocycles. The molecule has 1 aromatic rings. The number of alkyl halides is 2. The quantitative estimate of drug-likeness (QED) is 0.846. The fourth-order valence-electron chi connectivity index (χ4n) is 1.48. The molecule has 112 valence electrons. The Morgan fingerprint density at radius 3 is 2.80 bits per heavy atom. The number of benzene rings is 1. The fourth-order valence-corrected chi connectivity index (χ4v) is 2.04. The lowest BCUT2D eigenvalue weighted by Crippen LogP contribution is -2.41. The van der Waals surface area contributed by atoms with Crippen LogP contribution in [0.25, 0.3) is 0 Å². The summed E-state index contributed by atoms with van der Waals surface area (Å²) in [5.41, 5.74) is 5.08. The summed E-state index contributed by atoms with van der Waals surface area (Å²) in [4.78, 5) is 11.8. The van der Waals surface area contributed by atoms with Gasteiger partial charge >= 0.3 is 0 Å². The molecule has 0 aromatic heterocycles. The Labute approximate surface area is 128 Å². The minimum atomic E-state index is -3.12. The molecule has 0 aliphatic carbocycles. The van der Waals surface area contributed by atoms with Crippen LogP contribution in [0.4, 0.5) is 8.78 Å². The van der Waals surface area contributed by atoms with Gasteiger partial charge < -0.3 is 20.5 Å². The molecule has 1 amide bonds. The number of ether oxygens (including phenoxy) is 2. The maximum atomic E-state index is 12.9. The van der Waals surface area contributed by atoms with Crippen LogP contribution in [0.3, 0.4) is 0 Å². The van der Waals surface area contributed by atoms with Crippen LogP contribution in [0, 0.1) is 0 Å². The van der Waals surface area contributed by atoms with E-state index in [4.69, 9.17) is 15.2 Å². The molecule has 0 radical (unpaired) electrons. The smallest absolute Gasteiger partial charge is 0.277 e. The fraction of sp³-hybridized carbons (Fsp3) is 0.364. The third-order valence-corrected chi connectivity index (χ3v) is 3.08. The predicted octanol–water partition coefficient (Wildman–Crippen LogP) is 1.92. The number of hydrogen-bond donors (Lipinski definition) is 2. The number of carbonyl (C=O) groups excluding carboxylic acids is 1. The van der Waals surface area contributed by atoms with Crippen molar-refractivity contribution < 1.29 is 23.0 Å².